The molecule has 3 aromatic rings. The van der Waals surface area contributed by atoms with Gasteiger partial charge >= 0.3 is 5.97 Å². The highest BCUT2D eigenvalue weighted by atomic mass is 79.9. The van der Waals surface area contributed by atoms with Crippen molar-refractivity contribution < 1.29 is 14.3 Å². The summed E-state index contributed by atoms with van der Waals surface area (Å²) >= 11 is 3.36. The number of aromatic nitrogens is 2. The van der Waals surface area contributed by atoms with Crippen molar-refractivity contribution in [1.29, 1.82) is 0 Å². The van der Waals surface area contributed by atoms with E-state index in [0.29, 0.717) is 11.3 Å². The maximum absolute atomic E-state index is 12.1. The predicted molar refractivity (Wildman–Crippen MR) is 112 cm³/mol. The van der Waals surface area contributed by atoms with Gasteiger partial charge in [-0.3, -0.25) is 9.78 Å². The molecular weight excluding hydrogens is 436 g/mol. The van der Waals surface area contributed by atoms with Gasteiger partial charge in [-0.25, -0.2) is 15.2 Å². The summed E-state index contributed by atoms with van der Waals surface area (Å²) in [6.45, 7) is 0. The number of nitrogens with one attached hydrogen (secondary N) is 1. The first-order valence-electron chi connectivity index (χ1n) is 8.46. The fourth-order valence-electron chi connectivity index (χ4n) is 2.22. The van der Waals surface area contributed by atoms with E-state index in [9.17, 15) is 9.59 Å². The van der Waals surface area contributed by atoms with Gasteiger partial charge in [0.05, 0.1) is 12.4 Å². The quantitative estimate of drug-likeness (QED) is 0.203. The molecule has 0 aliphatic carbocycles. The molecule has 0 saturated heterocycles. The highest BCUT2D eigenvalue weighted by molar-refractivity contribution is 9.10. The van der Waals surface area contributed by atoms with Crippen molar-refractivity contribution in [2.75, 3.05) is 0 Å². The van der Waals surface area contributed by atoms with E-state index in [2.05, 4.69) is 36.4 Å². The van der Waals surface area contributed by atoms with E-state index in [1.165, 1.54) is 30.9 Å². The smallest absolute Gasteiger partial charge is 0.336 e. The summed E-state index contributed by atoms with van der Waals surface area (Å²) in [5, 5.41) is 3.90. The zero-order chi connectivity index (χ0) is 20.5. The maximum Gasteiger partial charge on any atom is 0.336 e. The van der Waals surface area contributed by atoms with Crippen molar-refractivity contribution in [2.24, 2.45) is 5.10 Å². The summed E-state index contributed by atoms with van der Waals surface area (Å²) in [5.41, 5.74) is 3.87. The summed E-state index contributed by atoms with van der Waals surface area (Å²) in [6.07, 6.45) is 8.59. The lowest BCUT2D eigenvalue weighted by molar-refractivity contribution is -0.128. The van der Waals surface area contributed by atoms with E-state index in [0.717, 1.165) is 10.0 Å². The molecule has 1 N–H and O–H groups in total. The normalized spacial score (nSPS) is 10.9. The summed E-state index contributed by atoms with van der Waals surface area (Å²) < 4.78 is 6.15. The molecule has 0 radical (unpaired) electrons. The van der Waals surface area contributed by atoms with Crippen LogP contribution in [0.25, 0.3) is 6.08 Å². The molecule has 1 amide bonds. The van der Waals surface area contributed by atoms with Gasteiger partial charge in [0, 0.05) is 28.5 Å². The number of nitrogens with zero attached hydrogens (tertiary/aromatic N) is 3. The van der Waals surface area contributed by atoms with Crippen LogP contribution in [0, 0.1) is 0 Å². The lowest BCUT2D eigenvalue weighted by atomic mass is 10.2. The van der Waals surface area contributed by atoms with Gasteiger partial charge < -0.3 is 4.74 Å². The number of carbonyl (C=O) groups excluding carboxylic acids is 2. The van der Waals surface area contributed by atoms with Crippen LogP contribution in [-0.2, 0) is 4.79 Å². The largest absolute Gasteiger partial charge is 0.423 e. The molecule has 1 aromatic heterocycles. The number of hydrogen-bond donors (Lipinski definition) is 1. The Hall–Kier alpha value is -3.65. The first kappa shape index (κ1) is 20.1. The molecule has 0 unspecified atom stereocenters. The van der Waals surface area contributed by atoms with Crippen molar-refractivity contribution in [1.82, 2.24) is 15.4 Å². The minimum atomic E-state index is -0.533. The molecule has 8 heteroatoms. The van der Waals surface area contributed by atoms with E-state index in [1.807, 2.05) is 30.3 Å². The number of rotatable bonds is 6. The average molecular weight is 451 g/mol. The number of carbonyl (C=O) groups is 2. The van der Waals surface area contributed by atoms with Crippen LogP contribution in [-0.4, -0.2) is 28.1 Å². The molecule has 2 aromatic carbocycles. The SMILES string of the molecule is O=C(C=Cc1ccccc1)Oc1ccc(Br)cc1C=NNC(=O)c1cnccn1. The Bertz CT molecular complexity index is 1050. The van der Waals surface area contributed by atoms with E-state index in [1.54, 1.807) is 24.3 Å². The summed E-state index contributed by atoms with van der Waals surface area (Å²) in [4.78, 5) is 31.8. The fraction of sp³-hybridized carbons (Fsp3) is 0. The van der Waals surface area contributed by atoms with Crippen molar-refractivity contribution in [3.63, 3.8) is 0 Å². The Morgan fingerprint density at radius 3 is 2.69 bits per heavy atom. The highest BCUT2D eigenvalue weighted by Gasteiger charge is 2.08. The molecule has 0 saturated carbocycles. The van der Waals surface area contributed by atoms with E-state index in [4.69, 9.17) is 4.74 Å². The van der Waals surface area contributed by atoms with Crippen LogP contribution in [0.2, 0.25) is 0 Å². The Morgan fingerprint density at radius 1 is 1.10 bits per heavy atom. The molecular formula is C21H15BrN4O3. The molecule has 1 heterocycles. The van der Waals surface area contributed by atoms with E-state index < -0.39 is 11.9 Å². The fourth-order valence-corrected chi connectivity index (χ4v) is 2.60. The lowest BCUT2D eigenvalue weighted by Crippen LogP contribution is -2.19. The van der Waals surface area contributed by atoms with Crippen molar-refractivity contribution >= 4 is 40.1 Å². The molecule has 7 nitrogen and oxygen atoms in total. The average Bonchev–Trinajstić information content (AvgIpc) is 2.75. The van der Waals surface area contributed by atoms with Gasteiger partial charge in [0.15, 0.2) is 0 Å². The van der Waals surface area contributed by atoms with Gasteiger partial charge in [-0.05, 0) is 29.8 Å². The van der Waals surface area contributed by atoms with Gasteiger partial charge in [0.25, 0.3) is 5.91 Å². The third-order valence-corrected chi connectivity index (χ3v) is 4.05. The monoisotopic (exact) mass is 450 g/mol. The molecule has 0 spiro atoms. The number of hydrazone groups is 1. The lowest BCUT2D eigenvalue weighted by Gasteiger charge is -2.06. The van der Waals surface area contributed by atoms with Crippen LogP contribution >= 0.6 is 15.9 Å². The van der Waals surface area contributed by atoms with Gasteiger partial charge in [-0.2, -0.15) is 5.10 Å². The topological polar surface area (TPSA) is 93.5 Å². The second-order valence-electron chi connectivity index (χ2n) is 5.64. The first-order valence-corrected chi connectivity index (χ1v) is 9.25. The van der Waals surface area contributed by atoms with Gasteiger partial charge in [-0.1, -0.05) is 46.3 Å². The minimum Gasteiger partial charge on any atom is -0.423 e. The van der Waals surface area contributed by atoms with Crippen LogP contribution in [0.5, 0.6) is 5.75 Å². The molecule has 0 aliphatic rings. The van der Waals surface area contributed by atoms with Crippen LogP contribution in [0.1, 0.15) is 21.6 Å². The van der Waals surface area contributed by atoms with Crippen LogP contribution in [0.15, 0.2) is 82.8 Å². The number of esters is 1. The summed E-state index contributed by atoms with van der Waals surface area (Å²) in [6, 6.07) is 14.5. The standard InChI is InChI=1S/C21H15BrN4O3/c22-17-7-8-19(29-20(27)9-6-15-4-2-1-3-5-15)16(12-17)13-25-26-21(28)18-14-23-10-11-24-18/h1-14H,(H,26,28). The highest BCUT2D eigenvalue weighted by Crippen LogP contribution is 2.22. The number of hydrogen-bond acceptors (Lipinski definition) is 6. The molecule has 3 rings (SSSR count). The Labute approximate surface area is 175 Å². The summed E-state index contributed by atoms with van der Waals surface area (Å²) in [5.74, 6) is -0.739. The minimum absolute atomic E-state index is 0.136. The van der Waals surface area contributed by atoms with Crippen molar-refractivity contribution in [3.8, 4) is 5.75 Å². The van der Waals surface area contributed by atoms with Crippen molar-refractivity contribution in [2.45, 2.75) is 0 Å². The van der Waals surface area contributed by atoms with Gasteiger partial charge in [0.2, 0.25) is 0 Å². The molecule has 0 aliphatic heterocycles. The van der Waals surface area contributed by atoms with E-state index >= 15 is 0 Å². The Balaban J connectivity index is 1.68. The van der Waals surface area contributed by atoms with Crippen LogP contribution in [0.3, 0.4) is 0 Å². The summed E-state index contributed by atoms with van der Waals surface area (Å²) in [7, 11) is 0. The third kappa shape index (κ3) is 6.18. The van der Waals surface area contributed by atoms with Crippen LogP contribution in [0.4, 0.5) is 0 Å². The Morgan fingerprint density at radius 2 is 1.93 bits per heavy atom. The molecule has 29 heavy (non-hydrogen) atoms. The van der Waals surface area contributed by atoms with Crippen molar-refractivity contribution in [3.05, 3.63) is 94.5 Å². The van der Waals surface area contributed by atoms with Gasteiger partial charge in [0.1, 0.15) is 11.4 Å². The molecule has 144 valence electrons. The zero-order valence-electron chi connectivity index (χ0n) is 15.0. The predicted octanol–water partition coefficient (Wildman–Crippen LogP) is 3.62. The number of benzene rings is 2. The molecule has 0 bridgehead atoms. The Kier molecular flexibility index (Phi) is 6.96. The first-order chi connectivity index (χ1) is 14.1. The molecule has 0 atom stereocenters. The molecule has 0 fully saturated rings. The maximum atomic E-state index is 12.1. The van der Waals surface area contributed by atoms with E-state index in [-0.39, 0.29) is 5.69 Å². The number of halogens is 1. The zero-order valence-corrected chi connectivity index (χ0v) is 16.6. The number of ether oxygens (including phenoxy) is 1. The third-order valence-electron chi connectivity index (χ3n) is 3.56. The number of amides is 1. The second kappa shape index (κ2) is 10.0. The van der Waals surface area contributed by atoms with Crippen LogP contribution < -0.4 is 10.2 Å². The second-order valence-corrected chi connectivity index (χ2v) is 6.55. The van der Waals surface area contributed by atoms with Gasteiger partial charge in [-0.15, -0.1) is 0 Å².